The number of rotatable bonds is 2. The van der Waals surface area contributed by atoms with Crippen molar-refractivity contribution >= 4 is 21.7 Å². The number of allylic oxidation sites excluding steroid dienone is 1. The van der Waals surface area contributed by atoms with E-state index in [1.54, 1.807) is 6.08 Å². The number of carbonyl (C=O) groups excluding carboxylic acids is 1. The van der Waals surface area contributed by atoms with Gasteiger partial charge in [0, 0.05) is 23.7 Å². The maximum absolute atomic E-state index is 13.2. The summed E-state index contributed by atoms with van der Waals surface area (Å²) >= 11 is 0. The van der Waals surface area contributed by atoms with E-state index in [1.165, 1.54) is 5.56 Å². The molecule has 7 heteroatoms. The van der Waals surface area contributed by atoms with E-state index in [0.29, 0.717) is 36.8 Å². The minimum absolute atomic E-state index is 0.0461. The molecule has 0 spiro atoms. The molecule has 1 saturated heterocycles. The fraction of sp³-hybridized carbons (Fsp3) is 0.423. The van der Waals surface area contributed by atoms with Gasteiger partial charge in [0.2, 0.25) is 5.78 Å². The molecule has 0 aliphatic carbocycles. The Balaban J connectivity index is 1.41. The van der Waals surface area contributed by atoms with Crippen LogP contribution in [0.2, 0.25) is 0 Å². The zero-order valence-electron chi connectivity index (χ0n) is 19.5. The van der Waals surface area contributed by atoms with Crippen molar-refractivity contribution in [3.05, 3.63) is 63.9 Å². The molecule has 5 rings (SSSR count). The van der Waals surface area contributed by atoms with Gasteiger partial charge in [-0.2, -0.15) is 0 Å². The van der Waals surface area contributed by atoms with Crippen LogP contribution in [0, 0.1) is 6.92 Å². The Labute approximate surface area is 195 Å². The Bertz CT molecular complexity index is 1270. The molecular weight excluding hydrogens is 438 g/mol. The smallest absolute Gasteiger partial charge is 0.231 e. The predicted octanol–water partition coefficient (Wildman–Crippen LogP) is 4.25. The molecule has 0 bridgehead atoms. The van der Waals surface area contributed by atoms with Gasteiger partial charge >= 0.3 is 0 Å². The van der Waals surface area contributed by atoms with E-state index < -0.39 is 9.84 Å². The molecule has 33 heavy (non-hydrogen) atoms. The third-order valence-corrected chi connectivity index (χ3v) is 8.51. The van der Waals surface area contributed by atoms with Crippen LogP contribution >= 0.6 is 0 Å². The first-order valence-corrected chi connectivity index (χ1v) is 13.1. The summed E-state index contributed by atoms with van der Waals surface area (Å²) in [4.78, 5) is 15.2. The van der Waals surface area contributed by atoms with Gasteiger partial charge in [-0.1, -0.05) is 45.0 Å². The van der Waals surface area contributed by atoms with E-state index in [0.717, 1.165) is 22.4 Å². The molecule has 1 unspecified atom stereocenters. The summed E-state index contributed by atoms with van der Waals surface area (Å²) in [5.41, 5.74) is 4.44. The van der Waals surface area contributed by atoms with Gasteiger partial charge < -0.3 is 9.47 Å². The van der Waals surface area contributed by atoms with Gasteiger partial charge in [0.1, 0.15) is 18.2 Å². The second-order valence-electron chi connectivity index (χ2n) is 10.3. The number of benzene rings is 2. The van der Waals surface area contributed by atoms with Crippen molar-refractivity contribution in [2.45, 2.75) is 52.1 Å². The van der Waals surface area contributed by atoms with E-state index in [1.807, 2.05) is 30.0 Å². The highest BCUT2D eigenvalue weighted by atomic mass is 32.2. The number of hydrogen-bond acceptors (Lipinski definition) is 6. The lowest BCUT2D eigenvalue weighted by Gasteiger charge is -2.33. The lowest BCUT2D eigenvalue weighted by atomic mass is 9.86. The second kappa shape index (κ2) is 7.71. The number of carbonyl (C=O) groups is 1. The minimum Gasteiger partial charge on any atom is -0.477 e. The maximum atomic E-state index is 13.2. The minimum atomic E-state index is -2.98. The zero-order chi connectivity index (χ0) is 23.5. The van der Waals surface area contributed by atoms with Gasteiger partial charge in [-0.3, -0.25) is 9.69 Å². The summed E-state index contributed by atoms with van der Waals surface area (Å²) in [7, 11) is -2.98. The first kappa shape index (κ1) is 22.2. The largest absolute Gasteiger partial charge is 0.477 e. The van der Waals surface area contributed by atoms with E-state index in [-0.39, 0.29) is 28.7 Å². The molecule has 2 aromatic carbocycles. The van der Waals surface area contributed by atoms with E-state index in [4.69, 9.17) is 9.47 Å². The number of fused-ring (bicyclic) bond motifs is 2. The van der Waals surface area contributed by atoms with Crippen LogP contribution in [0.15, 0.2) is 36.1 Å². The average Bonchev–Trinajstić information content (AvgIpc) is 3.27. The van der Waals surface area contributed by atoms with Gasteiger partial charge in [-0.25, -0.2) is 8.42 Å². The number of nitrogens with zero attached hydrogens (tertiary/aromatic N) is 1. The highest BCUT2D eigenvalue weighted by Gasteiger charge is 2.37. The number of hydrogen-bond donors (Lipinski definition) is 0. The zero-order valence-corrected chi connectivity index (χ0v) is 20.3. The van der Waals surface area contributed by atoms with E-state index in [2.05, 4.69) is 32.9 Å². The highest BCUT2D eigenvalue weighted by Crippen LogP contribution is 2.43. The average molecular weight is 468 g/mol. The summed E-state index contributed by atoms with van der Waals surface area (Å²) in [6.45, 7) is 9.30. The topological polar surface area (TPSA) is 72.9 Å². The molecule has 3 heterocycles. The third kappa shape index (κ3) is 4.08. The Morgan fingerprint density at radius 1 is 1.12 bits per heavy atom. The van der Waals surface area contributed by atoms with Crippen LogP contribution in [0.1, 0.15) is 59.8 Å². The van der Waals surface area contributed by atoms with Gasteiger partial charge in [-0.15, -0.1) is 0 Å². The lowest BCUT2D eigenvalue weighted by molar-refractivity contribution is 0.0637. The molecule has 2 aromatic rings. The van der Waals surface area contributed by atoms with Gasteiger partial charge in [0.05, 0.1) is 17.1 Å². The van der Waals surface area contributed by atoms with Crippen molar-refractivity contribution < 1.29 is 22.7 Å². The fourth-order valence-corrected chi connectivity index (χ4v) is 6.56. The Morgan fingerprint density at radius 2 is 1.85 bits per heavy atom. The molecule has 0 radical (unpaired) electrons. The molecule has 3 aliphatic rings. The van der Waals surface area contributed by atoms with Crippen LogP contribution < -0.4 is 9.47 Å². The number of ether oxygens (including phenoxy) is 2. The summed E-state index contributed by atoms with van der Waals surface area (Å²) in [5.74, 6) is 1.83. The number of Topliss-reactive ketones (excluding diaryl/α,β-unsaturated/α-hetero) is 1. The van der Waals surface area contributed by atoms with Gasteiger partial charge in [-0.05, 0) is 42.0 Å². The molecule has 6 nitrogen and oxygen atoms in total. The lowest BCUT2D eigenvalue weighted by Crippen LogP contribution is -2.41. The Kier molecular flexibility index (Phi) is 5.18. The van der Waals surface area contributed by atoms with Crippen molar-refractivity contribution in [1.82, 2.24) is 4.90 Å². The van der Waals surface area contributed by atoms with Crippen molar-refractivity contribution in [1.29, 1.82) is 0 Å². The fourth-order valence-electron chi connectivity index (χ4n) is 4.79. The molecule has 174 valence electrons. The normalized spacial score (nSPS) is 23.2. The molecule has 0 N–H and O–H groups in total. The molecule has 3 aliphatic heterocycles. The van der Waals surface area contributed by atoms with Crippen LogP contribution in [-0.2, 0) is 21.8 Å². The molecule has 0 aromatic heterocycles. The quantitative estimate of drug-likeness (QED) is 0.615. The van der Waals surface area contributed by atoms with Crippen LogP contribution in [0.25, 0.3) is 6.08 Å². The summed E-state index contributed by atoms with van der Waals surface area (Å²) < 4.78 is 35.8. The van der Waals surface area contributed by atoms with Crippen LogP contribution in [-0.4, -0.2) is 43.4 Å². The first-order valence-electron chi connectivity index (χ1n) is 11.3. The van der Waals surface area contributed by atoms with E-state index >= 15 is 0 Å². The first-order chi connectivity index (χ1) is 15.5. The molecule has 0 saturated carbocycles. The Morgan fingerprint density at radius 3 is 2.48 bits per heavy atom. The standard InChI is InChI=1S/C26H29NO5S/c1-16-24-18(13-27(15-31-24)20-9-10-33(29,30)14-20)12-21-23(28)22(32-25(16)21)11-17-5-7-19(8-6-17)26(2,3)4/h5-8,11-12,20H,9-10,13-15H2,1-4H3/b22-11-. The van der Waals surface area contributed by atoms with Crippen molar-refractivity contribution in [3.8, 4) is 11.5 Å². The van der Waals surface area contributed by atoms with Crippen LogP contribution in [0.5, 0.6) is 11.5 Å². The summed E-state index contributed by atoms with van der Waals surface area (Å²) in [6, 6.07) is 9.96. The van der Waals surface area contributed by atoms with Gasteiger partial charge in [0.15, 0.2) is 15.6 Å². The van der Waals surface area contributed by atoms with E-state index in [9.17, 15) is 13.2 Å². The van der Waals surface area contributed by atoms with Crippen molar-refractivity contribution in [2.75, 3.05) is 18.2 Å². The van der Waals surface area contributed by atoms with Gasteiger partial charge in [0.25, 0.3) is 0 Å². The Hall–Kier alpha value is -2.64. The predicted molar refractivity (Wildman–Crippen MR) is 127 cm³/mol. The van der Waals surface area contributed by atoms with Crippen LogP contribution in [0.4, 0.5) is 0 Å². The highest BCUT2D eigenvalue weighted by molar-refractivity contribution is 7.91. The summed E-state index contributed by atoms with van der Waals surface area (Å²) in [6.07, 6.45) is 2.40. The second-order valence-corrected chi connectivity index (χ2v) is 12.5. The molecule has 0 amide bonds. The SMILES string of the molecule is Cc1c2c(cc3c1O/C(=C\c1ccc(C(C)(C)C)cc1)C3=O)CN(C1CCS(=O)(=O)C1)CO2. The third-order valence-electron chi connectivity index (χ3n) is 6.76. The number of sulfone groups is 1. The van der Waals surface area contributed by atoms with Crippen molar-refractivity contribution in [3.63, 3.8) is 0 Å². The molecular formula is C26H29NO5S. The van der Waals surface area contributed by atoms with Crippen LogP contribution in [0.3, 0.4) is 0 Å². The van der Waals surface area contributed by atoms with Crippen molar-refractivity contribution in [2.24, 2.45) is 0 Å². The number of ketones is 1. The maximum Gasteiger partial charge on any atom is 0.231 e. The molecule has 1 atom stereocenters. The summed E-state index contributed by atoms with van der Waals surface area (Å²) in [5, 5.41) is 0. The molecule has 1 fully saturated rings. The monoisotopic (exact) mass is 467 g/mol.